The SMILES string of the molecule is Cc1cc(C)c(C(N)=S)c(NC2CCCCCC2O)n1. The van der Waals surface area contributed by atoms with Crippen LogP contribution >= 0.6 is 12.2 Å². The predicted octanol–water partition coefficient (Wildman–Crippen LogP) is 2.44. The zero-order valence-corrected chi connectivity index (χ0v) is 13.0. The number of aliphatic hydroxyl groups is 1. The maximum Gasteiger partial charge on any atom is 0.137 e. The fourth-order valence-corrected chi connectivity index (χ4v) is 3.14. The van der Waals surface area contributed by atoms with Crippen molar-refractivity contribution in [1.29, 1.82) is 0 Å². The second kappa shape index (κ2) is 6.50. The Kier molecular flexibility index (Phi) is 4.94. The van der Waals surface area contributed by atoms with Gasteiger partial charge in [0.15, 0.2) is 0 Å². The molecule has 2 unspecified atom stereocenters. The number of pyridine rings is 1. The number of rotatable bonds is 3. The Morgan fingerprint density at radius 2 is 2.05 bits per heavy atom. The average Bonchev–Trinajstić information content (AvgIpc) is 2.53. The Bertz CT molecular complexity index is 504. The lowest BCUT2D eigenvalue weighted by Gasteiger charge is -2.24. The van der Waals surface area contributed by atoms with Crippen molar-refractivity contribution in [2.45, 2.75) is 58.1 Å². The molecule has 20 heavy (non-hydrogen) atoms. The molecule has 0 saturated heterocycles. The summed E-state index contributed by atoms with van der Waals surface area (Å²) < 4.78 is 0. The topological polar surface area (TPSA) is 71.2 Å². The van der Waals surface area contributed by atoms with Crippen LogP contribution in [0.3, 0.4) is 0 Å². The number of anilines is 1. The Morgan fingerprint density at radius 1 is 1.35 bits per heavy atom. The molecule has 1 heterocycles. The summed E-state index contributed by atoms with van der Waals surface area (Å²) in [6, 6.07) is 2.00. The van der Waals surface area contributed by atoms with Crippen LogP contribution in [0.4, 0.5) is 5.82 Å². The molecule has 0 amide bonds. The monoisotopic (exact) mass is 293 g/mol. The van der Waals surface area contributed by atoms with Gasteiger partial charge in [-0.2, -0.15) is 0 Å². The van der Waals surface area contributed by atoms with E-state index >= 15 is 0 Å². The van der Waals surface area contributed by atoms with Crippen LogP contribution in [0.5, 0.6) is 0 Å². The van der Waals surface area contributed by atoms with E-state index in [2.05, 4.69) is 10.3 Å². The fraction of sp³-hybridized carbons (Fsp3) is 0.600. The molecule has 110 valence electrons. The van der Waals surface area contributed by atoms with Gasteiger partial charge in [0.2, 0.25) is 0 Å². The van der Waals surface area contributed by atoms with Crippen molar-refractivity contribution in [2.75, 3.05) is 5.32 Å². The molecule has 5 heteroatoms. The summed E-state index contributed by atoms with van der Waals surface area (Å²) >= 11 is 5.14. The molecule has 2 rings (SSSR count). The number of aromatic nitrogens is 1. The standard InChI is InChI=1S/C15H23N3OS/c1-9-8-10(2)17-15(13(9)14(16)20)18-11-6-4-3-5-7-12(11)19/h8,11-12,19H,3-7H2,1-2H3,(H2,16,20)(H,17,18). The van der Waals surface area contributed by atoms with Crippen molar-refractivity contribution < 1.29 is 5.11 Å². The first-order chi connectivity index (χ1) is 9.49. The highest BCUT2D eigenvalue weighted by atomic mass is 32.1. The van der Waals surface area contributed by atoms with E-state index < -0.39 is 0 Å². The first-order valence-electron chi connectivity index (χ1n) is 7.21. The summed E-state index contributed by atoms with van der Waals surface area (Å²) in [7, 11) is 0. The molecule has 1 aliphatic carbocycles. The lowest BCUT2D eigenvalue weighted by atomic mass is 10.0. The van der Waals surface area contributed by atoms with Crippen molar-refractivity contribution in [2.24, 2.45) is 5.73 Å². The maximum atomic E-state index is 10.2. The molecule has 0 aliphatic heterocycles. The van der Waals surface area contributed by atoms with Crippen molar-refractivity contribution in [3.8, 4) is 0 Å². The number of aliphatic hydroxyl groups excluding tert-OH is 1. The van der Waals surface area contributed by atoms with Gasteiger partial charge in [-0.25, -0.2) is 4.98 Å². The van der Waals surface area contributed by atoms with E-state index in [4.69, 9.17) is 18.0 Å². The third-order valence-electron chi connectivity index (χ3n) is 3.89. The normalized spacial score (nSPS) is 23.1. The molecule has 1 aromatic rings. The van der Waals surface area contributed by atoms with Gasteiger partial charge in [-0.05, 0) is 38.3 Å². The van der Waals surface area contributed by atoms with E-state index in [-0.39, 0.29) is 12.1 Å². The number of hydrogen-bond donors (Lipinski definition) is 3. The van der Waals surface area contributed by atoms with E-state index in [0.717, 1.165) is 42.5 Å². The number of nitrogens with one attached hydrogen (secondary N) is 1. The molecule has 1 aliphatic rings. The van der Waals surface area contributed by atoms with E-state index in [9.17, 15) is 5.11 Å². The van der Waals surface area contributed by atoms with Gasteiger partial charge in [-0.1, -0.05) is 31.5 Å². The number of hydrogen-bond acceptors (Lipinski definition) is 4. The molecular weight excluding hydrogens is 270 g/mol. The van der Waals surface area contributed by atoms with E-state index in [1.54, 1.807) is 0 Å². The highest BCUT2D eigenvalue weighted by molar-refractivity contribution is 7.80. The van der Waals surface area contributed by atoms with Crippen LogP contribution in [-0.4, -0.2) is 27.2 Å². The number of thiocarbonyl (C=S) groups is 1. The quantitative estimate of drug-likeness (QED) is 0.590. The molecule has 0 spiro atoms. The van der Waals surface area contributed by atoms with Crippen LogP contribution in [0, 0.1) is 13.8 Å². The van der Waals surface area contributed by atoms with Gasteiger partial charge in [-0.3, -0.25) is 0 Å². The summed E-state index contributed by atoms with van der Waals surface area (Å²) in [5, 5.41) is 13.6. The highest BCUT2D eigenvalue weighted by Gasteiger charge is 2.23. The zero-order chi connectivity index (χ0) is 14.7. The molecule has 0 radical (unpaired) electrons. The maximum absolute atomic E-state index is 10.2. The van der Waals surface area contributed by atoms with Crippen LogP contribution in [-0.2, 0) is 0 Å². The van der Waals surface area contributed by atoms with E-state index in [1.165, 1.54) is 6.42 Å². The smallest absolute Gasteiger partial charge is 0.137 e. The van der Waals surface area contributed by atoms with Crippen molar-refractivity contribution >= 4 is 23.0 Å². The Balaban J connectivity index is 2.29. The van der Waals surface area contributed by atoms with Gasteiger partial charge in [0, 0.05) is 5.69 Å². The fourth-order valence-electron chi connectivity index (χ4n) is 2.88. The van der Waals surface area contributed by atoms with Crippen molar-refractivity contribution in [1.82, 2.24) is 4.98 Å². The molecule has 1 fully saturated rings. The van der Waals surface area contributed by atoms with Gasteiger partial charge in [0.25, 0.3) is 0 Å². The molecule has 1 aromatic heterocycles. The number of nitrogens with two attached hydrogens (primary N) is 1. The minimum Gasteiger partial charge on any atom is -0.391 e. The molecule has 4 N–H and O–H groups in total. The van der Waals surface area contributed by atoms with E-state index in [0.29, 0.717) is 10.8 Å². The Morgan fingerprint density at radius 3 is 2.75 bits per heavy atom. The van der Waals surface area contributed by atoms with Crippen LogP contribution in [0.25, 0.3) is 0 Å². The lowest BCUT2D eigenvalue weighted by molar-refractivity contribution is 0.144. The second-order valence-electron chi connectivity index (χ2n) is 5.62. The van der Waals surface area contributed by atoms with Gasteiger partial charge in [-0.15, -0.1) is 0 Å². The molecule has 0 bridgehead atoms. The molecular formula is C15H23N3OS. The third-order valence-corrected chi connectivity index (χ3v) is 4.10. The first kappa shape index (κ1) is 15.2. The minimum absolute atomic E-state index is 0.0271. The third kappa shape index (κ3) is 3.46. The molecule has 0 aromatic carbocycles. The largest absolute Gasteiger partial charge is 0.391 e. The van der Waals surface area contributed by atoms with Crippen LogP contribution in [0.2, 0.25) is 0 Å². The first-order valence-corrected chi connectivity index (χ1v) is 7.62. The summed E-state index contributed by atoms with van der Waals surface area (Å²) in [5.41, 5.74) is 8.57. The summed E-state index contributed by atoms with van der Waals surface area (Å²) in [6.07, 6.45) is 4.85. The van der Waals surface area contributed by atoms with Gasteiger partial charge < -0.3 is 16.2 Å². The van der Waals surface area contributed by atoms with Gasteiger partial charge in [0.05, 0.1) is 17.7 Å². The van der Waals surface area contributed by atoms with Gasteiger partial charge >= 0.3 is 0 Å². The highest BCUT2D eigenvalue weighted by Crippen LogP contribution is 2.24. The summed E-state index contributed by atoms with van der Waals surface area (Å²) in [4.78, 5) is 4.87. The van der Waals surface area contributed by atoms with Crippen molar-refractivity contribution in [3.63, 3.8) is 0 Å². The van der Waals surface area contributed by atoms with Crippen LogP contribution in [0.15, 0.2) is 6.07 Å². The Hall–Kier alpha value is -1.20. The zero-order valence-electron chi connectivity index (χ0n) is 12.1. The summed E-state index contributed by atoms with van der Waals surface area (Å²) in [5.74, 6) is 0.709. The van der Waals surface area contributed by atoms with Crippen LogP contribution in [0.1, 0.15) is 48.9 Å². The minimum atomic E-state index is -0.334. The van der Waals surface area contributed by atoms with Crippen molar-refractivity contribution in [3.05, 3.63) is 22.9 Å². The molecule has 1 saturated carbocycles. The average molecular weight is 293 g/mol. The van der Waals surface area contributed by atoms with Gasteiger partial charge in [0.1, 0.15) is 10.8 Å². The molecule has 2 atom stereocenters. The number of aryl methyl sites for hydroxylation is 2. The second-order valence-corrected chi connectivity index (χ2v) is 6.06. The molecule has 4 nitrogen and oxygen atoms in total. The number of nitrogens with zero attached hydrogens (tertiary/aromatic N) is 1. The van der Waals surface area contributed by atoms with E-state index in [1.807, 2.05) is 19.9 Å². The Labute approximate surface area is 125 Å². The summed E-state index contributed by atoms with van der Waals surface area (Å²) in [6.45, 7) is 3.93. The van der Waals surface area contributed by atoms with Crippen LogP contribution < -0.4 is 11.1 Å². The lowest BCUT2D eigenvalue weighted by Crippen LogP contribution is -2.34. The predicted molar refractivity (Wildman–Crippen MR) is 86.1 cm³/mol.